The molecule has 114 valence electrons. The van der Waals surface area contributed by atoms with Gasteiger partial charge < -0.3 is 0 Å². The van der Waals surface area contributed by atoms with Crippen LogP contribution in [0.4, 0.5) is 0 Å². The van der Waals surface area contributed by atoms with E-state index in [0.717, 1.165) is 40.8 Å². The molecule has 1 unspecified atom stereocenters. The van der Waals surface area contributed by atoms with Crippen LogP contribution in [0.1, 0.15) is 36.7 Å². The van der Waals surface area contributed by atoms with Crippen molar-refractivity contribution in [2.75, 3.05) is 5.88 Å². The highest BCUT2D eigenvalue weighted by atomic mass is 35.5. The Labute approximate surface area is 141 Å². The number of halogens is 3. The minimum absolute atomic E-state index is 0.202. The summed E-state index contributed by atoms with van der Waals surface area (Å²) in [6, 6.07) is 7.84. The van der Waals surface area contributed by atoms with Crippen molar-refractivity contribution in [2.45, 2.75) is 39.2 Å². The fraction of sp³-hybridized carbons (Fsp3) is 0.438. The topological polar surface area (TPSA) is 17.8 Å². The van der Waals surface area contributed by atoms with E-state index in [-0.39, 0.29) is 5.92 Å². The largest absolute Gasteiger partial charge is 0.268 e. The van der Waals surface area contributed by atoms with Gasteiger partial charge in [-0.05, 0) is 37.5 Å². The van der Waals surface area contributed by atoms with Crippen molar-refractivity contribution in [3.05, 3.63) is 51.3 Å². The number of benzene rings is 1. The molecule has 0 bridgehead atoms. The SMILES string of the molecule is CCc1nn(CC)c(CC(CCl)c2ccc(Cl)cc2)c1Cl. The van der Waals surface area contributed by atoms with Crippen LogP contribution >= 0.6 is 34.8 Å². The number of aryl methyl sites for hydroxylation is 2. The number of rotatable bonds is 6. The summed E-state index contributed by atoms with van der Waals surface area (Å²) in [7, 11) is 0. The lowest BCUT2D eigenvalue weighted by Crippen LogP contribution is -2.10. The van der Waals surface area contributed by atoms with Gasteiger partial charge >= 0.3 is 0 Å². The van der Waals surface area contributed by atoms with Crippen molar-refractivity contribution < 1.29 is 0 Å². The summed E-state index contributed by atoms with van der Waals surface area (Å²) >= 11 is 18.6. The summed E-state index contributed by atoms with van der Waals surface area (Å²) in [6.07, 6.45) is 1.62. The minimum Gasteiger partial charge on any atom is -0.268 e. The molecular formula is C16H19Cl3N2. The van der Waals surface area contributed by atoms with E-state index in [1.165, 1.54) is 5.56 Å². The first-order chi connectivity index (χ1) is 10.1. The minimum atomic E-state index is 0.202. The Bertz CT molecular complexity index is 590. The summed E-state index contributed by atoms with van der Waals surface area (Å²) in [5.74, 6) is 0.738. The van der Waals surface area contributed by atoms with Crippen LogP contribution in [0.3, 0.4) is 0 Å². The standard InChI is InChI=1S/C16H19Cl3N2/c1-3-14-16(19)15(21(4-2)20-14)9-12(10-17)11-5-7-13(18)8-6-11/h5-8,12H,3-4,9-10H2,1-2H3. The van der Waals surface area contributed by atoms with E-state index >= 15 is 0 Å². The summed E-state index contributed by atoms with van der Waals surface area (Å²) in [6.45, 7) is 4.95. The molecule has 0 radical (unpaired) electrons. The molecule has 2 nitrogen and oxygen atoms in total. The number of hydrogen-bond acceptors (Lipinski definition) is 1. The van der Waals surface area contributed by atoms with E-state index in [0.29, 0.717) is 5.88 Å². The Kier molecular flexibility index (Phi) is 5.98. The van der Waals surface area contributed by atoms with Gasteiger partial charge in [-0.1, -0.05) is 42.3 Å². The Morgan fingerprint density at radius 3 is 2.33 bits per heavy atom. The van der Waals surface area contributed by atoms with Gasteiger partial charge in [0.2, 0.25) is 0 Å². The normalized spacial score (nSPS) is 12.6. The van der Waals surface area contributed by atoms with Gasteiger partial charge in [-0.3, -0.25) is 4.68 Å². The molecule has 0 aliphatic carbocycles. The average Bonchev–Trinajstić information content (AvgIpc) is 2.81. The first kappa shape index (κ1) is 16.7. The summed E-state index contributed by atoms with van der Waals surface area (Å²) in [5.41, 5.74) is 3.20. The van der Waals surface area contributed by atoms with E-state index in [4.69, 9.17) is 34.8 Å². The lowest BCUT2D eigenvalue weighted by atomic mass is 9.96. The van der Waals surface area contributed by atoms with E-state index in [9.17, 15) is 0 Å². The van der Waals surface area contributed by atoms with Gasteiger partial charge in [-0.2, -0.15) is 5.10 Å². The third kappa shape index (κ3) is 3.74. The van der Waals surface area contributed by atoms with Gasteiger partial charge in [0.15, 0.2) is 0 Å². The Hall–Kier alpha value is -0.700. The highest BCUT2D eigenvalue weighted by Crippen LogP contribution is 2.29. The average molecular weight is 346 g/mol. The fourth-order valence-electron chi connectivity index (χ4n) is 2.44. The molecule has 1 atom stereocenters. The van der Waals surface area contributed by atoms with E-state index in [2.05, 4.69) is 18.9 Å². The van der Waals surface area contributed by atoms with Crippen LogP contribution in [0.2, 0.25) is 10.0 Å². The van der Waals surface area contributed by atoms with Gasteiger partial charge in [0.05, 0.1) is 16.4 Å². The zero-order valence-electron chi connectivity index (χ0n) is 12.2. The molecule has 1 heterocycles. The Morgan fingerprint density at radius 1 is 1.14 bits per heavy atom. The second-order valence-electron chi connectivity index (χ2n) is 4.98. The summed E-state index contributed by atoms with van der Waals surface area (Å²) in [4.78, 5) is 0. The zero-order chi connectivity index (χ0) is 15.4. The summed E-state index contributed by atoms with van der Waals surface area (Å²) < 4.78 is 1.98. The first-order valence-electron chi connectivity index (χ1n) is 7.16. The number of nitrogens with zero attached hydrogens (tertiary/aromatic N) is 2. The molecule has 2 rings (SSSR count). The third-order valence-corrected chi connectivity index (χ3v) is 4.72. The summed E-state index contributed by atoms with van der Waals surface area (Å²) in [5, 5.41) is 6.08. The second kappa shape index (κ2) is 7.53. The van der Waals surface area contributed by atoms with E-state index < -0.39 is 0 Å². The van der Waals surface area contributed by atoms with Gasteiger partial charge in [-0.15, -0.1) is 11.6 Å². The molecular weight excluding hydrogens is 327 g/mol. The van der Waals surface area contributed by atoms with Gasteiger partial charge in [0.1, 0.15) is 0 Å². The Balaban J connectivity index is 2.30. The smallest absolute Gasteiger partial charge is 0.0850 e. The van der Waals surface area contributed by atoms with Crippen LogP contribution in [0, 0.1) is 0 Å². The van der Waals surface area contributed by atoms with Crippen LogP contribution in [-0.2, 0) is 19.4 Å². The highest BCUT2D eigenvalue weighted by Gasteiger charge is 2.19. The molecule has 0 fully saturated rings. The van der Waals surface area contributed by atoms with Crippen molar-refractivity contribution >= 4 is 34.8 Å². The Morgan fingerprint density at radius 2 is 1.81 bits per heavy atom. The lowest BCUT2D eigenvalue weighted by molar-refractivity contribution is 0.593. The number of aromatic nitrogens is 2. The van der Waals surface area contributed by atoms with E-state index in [1.54, 1.807) is 0 Å². The molecule has 0 spiro atoms. The predicted octanol–water partition coefficient (Wildman–Crippen LogP) is 5.34. The van der Waals surface area contributed by atoms with Crippen molar-refractivity contribution in [1.82, 2.24) is 9.78 Å². The van der Waals surface area contributed by atoms with Crippen molar-refractivity contribution in [2.24, 2.45) is 0 Å². The van der Waals surface area contributed by atoms with Crippen molar-refractivity contribution in [1.29, 1.82) is 0 Å². The van der Waals surface area contributed by atoms with Crippen molar-refractivity contribution in [3.63, 3.8) is 0 Å². The van der Waals surface area contributed by atoms with E-state index in [1.807, 2.05) is 28.9 Å². The molecule has 1 aromatic carbocycles. The molecule has 1 aromatic heterocycles. The van der Waals surface area contributed by atoms with Gasteiger partial charge in [-0.25, -0.2) is 0 Å². The zero-order valence-corrected chi connectivity index (χ0v) is 14.5. The third-order valence-electron chi connectivity index (χ3n) is 3.66. The molecule has 0 N–H and O–H groups in total. The maximum Gasteiger partial charge on any atom is 0.0850 e. The quantitative estimate of drug-likeness (QED) is 0.646. The second-order valence-corrected chi connectivity index (χ2v) is 6.11. The van der Waals surface area contributed by atoms with Crippen LogP contribution < -0.4 is 0 Å². The molecule has 0 saturated carbocycles. The van der Waals surface area contributed by atoms with Crippen LogP contribution in [0.25, 0.3) is 0 Å². The van der Waals surface area contributed by atoms with Gasteiger partial charge in [0.25, 0.3) is 0 Å². The molecule has 2 aromatic rings. The van der Waals surface area contributed by atoms with Crippen molar-refractivity contribution in [3.8, 4) is 0 Å². The first-order valence-corrected chi connectivity index (χ1v) is 8.45. The van der Waals surface area contributed by atoms with Gasteiger partial charge in [0, 0.05) is 23.4 Å². The molecule has 0 aliphatic heterocycles. The predicted molar refractivity (Wildman–Crippen MR) is 90.9 cm³/mol. The number of alkyl halides is 1. The molecule has 0 aliphatic rings. The van der Waals surface area contributed by atoms with Crippen LogP contribution in [0.15, 0.2) is 24.3 Å². The van der Waals surface area contributed by atoms with Crippen LogP contribution in [0.5, 0.6) is 0 Å². The molecule has 21 heavy (non-hydrogen) atoms. The maximum atomic E-state index is 6.47. The lowest BCUT2D eigenvalue weighted by Gasteiger charge is -2.15. The number of hydrogen-bond donors (Lipinski definition) is 0. The highest BCUT2D eigenvalue weighted by molar-refractivity contribution is 6.32. The monoisotopic (exact) mass is 344 g/mol. The molecule has 0 saturated heterocycles. The fourth-order valence-corrected chi connectivity index (χ4v) is 3.20. The molecule has 0 amide bonds. The van der Waals surface area contributed by atoms with Crippen LogP contribution in [-0.4, -0.2) is 15.7 Å². The molecule has 5 heteroatoms. The maximum absolute atomic E-state index is 6.47.